The Labute approximate surface area is 165 Å². The van der Waals surface area contributed by atoms with Crippen LogP contribution < -0.4 is 0 Å². The highest BCUT2D eigenvalue weighted by Gasteiger charge is 2.68. The van der Waals surface area contributed by atoms with Gasteiger partial charge >= 0.3 is 5.97 Å². The highest BCUT2D eigenvalue weighted by atomic mass is 16.6. The van der Waals surface area contributed by atoms with Crippen LogP contribution in [-0.2, 0) is 14.3 Å². The summed E-state index contributed by atoms with van der Waals surface area (Å²) in [5.41, 5.74) is 1.43. The average molecular weight is 375 g/mol. The Morgan fingerprint density at radius 2 is 1.89 bits per heavy atom. The number of hydrogen-bond donors (Lipinski definition) is 0. The molecule has 152 valence electrons. The monoisotopic (exact) mass is 374 g/mol. The first-order chi connectivity index (χ1) is 12.4. The fraction of sp³-hybridized carbons (Fsp3) is 0.792. The standard InChI is InChI=1S/C24H38O3/c1-15(2)19-12-11-17(4)20-21(19)24(8)23(7,26-18(5)25)13-9-10-16(3)14-22(20,6)27-24/h10-11,15,19-21H,9,12-14H2,1-8H3/b16-10-/t19?,20?,21?,22-,23+,24-/m0/s1. The number of allylic oxidation sites excluding steroid dienone is 2. The molecule has 0 radical (unpaired) electrons. The summed E-state index contributed by atoms with van der Waals surface area (Å²) in [5, 5.41) is 0. The van der Waals surface area contributed by atoms with E-state index in [1.807, 2.05) is 0 Å². The van der Waals surface area contributed by atoms with Gasteiger partial charge in [-0.3, -0.25) is 4.79 Å². The molecule has 0 aromatic carbocycles. The van der Waals surface area contributed by atoms with Crippen molar-refractivity contribution in [3.8, 4) is 0 Å². The number of carbonyl (C=O) groups is 1. The molecule has 1 saturated heterocycles. The van der Waals surface area contributed by atoms with Crippen molar-refractivity contribution in [2.45, 2.75) is 97.9 Å². The van der Waals surface area contributed by atoms with Gasteiger partial charge < -0.3 is 9.47 Å². The molecule has 3 nitrogen and oxygen atoms in total. The Morgan fingerprint density at radius 3 is 2.48 bits per heavy atom. The van der Waals surface area contributed by atoms with E-state index >= 15 is 0 Å². The molecule has 0 aromatic rings. The van der Waals surface area contributed by atoms with Crippen LogP contribution in [0.1, 0.15) is 81.1 Å². The molecule has 3 rings (SSSR count). The van der Waals surface area contributed by atoms with Gasteiger partial charge in [-0.15, -0.1) is 0 Å². The van der Waals surface area contributed by atoms with E-state index in [-0.39, 0.29) is 11.6 Å². The molecule has 1 aliphatic carbocycles. The second kappa shape index (κ2) is 6.76. The van der Waals surface area contributed by atoms with E-state index in [0.717, 1.165) is 25.7 Å². The van der Waals surface area contributed by atoms with Crippen LogP contribution in [0.2, 0.25) is 0 Å². The van der Waals surface area contributed by atoms with E-state index in [1.165, 1.54) is 18.1 Å². The van der Waals surface area contributed by atoms with Gasteiger partial charge in [0.15, 0.2) is 0 Å². The largest absolute Gasteiger partial charge is 0.456 e. The number of carbonyl (C=O) groups excluding carboxylic acids is 1. The van der Waals surface area contributed by atoms with Crippen LogP contribution in [0.25, 0.3) is 0 Å². The van der Waals surface area contributed by atoms with E-state index in [4.69, 9.17) is 9.47 Å². The van der Waals surface area contributed by atoms with Gasteiger partial charge in [-0.2, -0.15) is 0 Å². The maximum atomic E-state index is 12.1. The molecule has 0 saturated carbocycles. The quantitative estimate of drug-likeness (QED) is 0.450. The van der Waals surface area contributed by atoms with E-state index < -0.39 is 11.2 Å². The average Bonchev–Trinajstić information content (AvgIpc) is 2.77. The van der Waals surface area contributed by atoms with Gasteiger partial charge in [0.2, 0.25) is 0 Å². The van der Waals surface area contributed by atoms with Crippen LogP contribution in [0, 0.1) is 23.7 Å². The number of ether oxygens (including phenoxy) is 2. The number of fused-ring (bicyclic) bond motifs is 5. The van der Waals surface area contributed by atoms with Crippen molar-refractivity contribution < 1.29 is 14.3 Å². The third-order valence-corrected chi connectivity index (χ3v) is 7.78. The zero-order chi connectivity index (χ0) is 20.2. The van der Waals surface area contributed by atoms with Gasteiger partial charge in [0.1, 0.15) is 11.2 Å². The molecule has 27 heavy (non-hydrogen) atoms. The van der Waals surface area contributed by atoms with Crippen LogP contribution in [0.4, 0.5) is 0 Å². The molecule has 2 aliphatic heterocycles. The normalized spacial score (nSPS) is 46.5. The van der Waals surface area contributed by atoms with Gasteiger partial charge in [-0.1, -0.05) is 37.1 Å². The lowest BCUT2D eigenvalue weighted by atomic mass is 9.56. The third-order valence-electron chi connectivity index (χ3n) is 7.78. The van der Waals surface area contributed by atoms with Crippen molar-refractivity contribution in [3.05, 3.63) is 23.3 Å². The highest BCUT2D eigenvalue weighted by molar-refractivity contribution is 5.66. The van der Waals surface area contributed by atoms with Gasteiger partial charge in [-0.25, -0.2) is 0 Å². The molecule has 0 aromatic heterocycles. The summed E-state index contributed by atoms with van der Waals surface area (Å²) in [5.74, 6) is 1.59. The Morgan fingerprint density at radius 1 is 1.22 bits per heavy atom. The minimum Gasteiger partial charge on any atom is -0.456 e. The third kappa shape index (κ3) is 3.20. The van der Waals surface area contributed by atoms with Crippen molar-refractivity contribution in [2.75, 3.05) is 0 Å². The summed E-state index contributed by atoms with van der Waals surface area (Å²) >= 11 is 0. The molecule has 1 fully saturated rings. The molecular formula is C24H38O3. The molecule has 0 N–H and O–H groups in total. The topological polar surface area (TPSA) is 35.5 Å². The van der Waals surface area contributed by atoms with Crippen LogP contribution in [0.15, 0.2) is 23.3 Å². The molecule has 2 bridgehead atoms. The Kier molecular flexibility index (Phi) is 5.16. The van der Waals surface area contributed by atoms with Gasteiger partial charge in [0.05, 0.1) is 5.60 Å². The van der Waals surface area contributed by atoms with Crippen LogP contribution >= 0.6 is 0 Å². The molecule has 2 heterocycles. The minimum atomic E-state index is -0.634. The number of rotatable bonds is 2. The van der Waals surface area contributed by atoms with Crippen molar-refractivity contribution in [3.63, 3.8) is 0 Å². The van der Waals surface area contributed by atoms with Gasteiger partial charge in [-0.05, 0) is 72.1 Å². The molecule has 0 spiro atoms. The second-order valence-corrected chi connectivity index (χ2v) is 10.2. The highest BCUT2D eigenvalue weighted by Crippen LogP contribution is 2.63. The molecular weight excluding hydrogens is 336 g/mol. The van der Waals surface area contributed by atoms with Crippen molar-refractivity contribution in [2.24, 2.45) is 23.7 Å². The minimum absolute atomic E-state index is 0.211. The fourth-order valence-electron chi connectivity index (χ4n) is 6.56. The summed E-state index contributed by atoms with van der Waals surface area (Å²) in [6.45, 7) is 17.3. The van der Waals surface area contributed by atoms with Crippen molar-refractivity contribution in [1.29, 1.82) is 0 Å². The zero-order valence-electron chi connectivity index (χ0n) is 18.5. The molecule has 6 atom stereocenters. The predicted octanol–water partition coefficient (Wildman–Crippen LogP) is 5.84. The number of hydrogen-bond acceptors (Lipinski definition) is 3. The lowest BCUT2D eigenvalue weighted by Crippen LogP contribution is -2.59. The van der Waals surface area contributed by atoms with Crippen molar-refractivity contribution >= 4 is 5.97 Å². The lowest BCUT2D eigenvalue weighted by Gasteiger charge is -2.50. The fourth-order valence-corrected chi connectivity index (χ4v) is 6.56. The molecule has 3 unspecified atom stereocenters. The first kappa shape index (κ1) is 20.6. The summed E-state index contributed by atoms with van der Waals surface area (Å²) in [6, 6.07) is 0. The summed E-state index contributed by atoms with van der Waals surface area (Å²) < 4.78 is 13.2. The summed E-state index contributed by atoms with van der Waals surface area (Å²) in [4.78, 5) is 12.1. The lowest BCUT2D eigenvalue weighted by molar-refractivity contribution is -0.222. The van der Waals surface area contributed by atoms with Crippen LogP contribution in [0.5, 0.6) is 0 Å². The van der Waals surface area contributed by atoms with Gasteiger partial charge in [0, 0.05) is 18.8 Å². The van der Waals surface area contributed by atoms with E-state index in [1.54, 1.807) is 0 Å². The van der Waals surface area contributed by atoms with Crippen LogP contribution in [0.3, 0.4) is 0 Å². The van der Waals surface area contributed by atoms with E-state index in [0.29, 0.717) is 23.7 Å². The van der Waals surface area contributed by atoms with E-state index in [2.05, 4.69) is 60.6 Å². The van der Waals surface area contributed by atoms with E-state index in [9.17, 15) is 4.79 Å². The molecule has 3 heteroatoms. The van der Waals surface area contributed by atoms with Crippen molar-refractivity contribution in [1.82, 2.24) is 0 Å². The smallest absolute Gasteiger partial charge is 0.303 e. The SMILES string of the molecule is CC(=O)O[C@]1(C)CC/C=C(/C)C[C@]2(C)O[C@@]1(C)C1C(C(C)C)CC=C(C)C12. The van der Waals surface area contributed by atoms with Gasteiger partial charge in [0.25, 0.3) is 0 Å². The zero-order valence-corrected chi connectivity index (χ0v) is 18.5. The summed E-state index contributed by atoms with van der Waals surface area (Å²) in [6.07, 6.45) is 8.50. The Balaban J connectivity index is 2.22. The second-order valence-electron chi connectivity index (χ2n) is 10.2. The molecule has 3 aliphatic rings. The maximum Gasteiger partial charge on any atom is 0.303 e. The first-order valence-electron chi connectivity index (χ1n) is 10.7. The predicted molar refractivity (Wildman–Crippen MR) is 109 cm³/mol. The first-order valence-corrected chi connectivity index (χ1v) is 10.7. The Bertz CT molecular complexity index is 675. The number of esters is 1. The summed E-state index contributed by atoms with van der Waals surface area (Å²) in [7, 11) is 0. The van der Waals surface area contributed by atoms with Crippen LogP contribution in [-0.4, -0.2) is 22.8 Å². The molecule has 0 amide bonds. The Hall–Kier alpha value is -1.09. The maximum absolute atomic E-state index is 12.1.